The normalized spacial score (nSPS) is 17.8. The molecule has 2 rings (SSSR count). The van der Waals surface area contributed by atoms with Crippen molar-refractivity contribution in [2.24, 2.45) is 12.0 Å². The van der Waals surface area contributed by atoms with E-state index in [2.05, 4.69) is 20.5 Å². The van der Waals surface area contributed by atoms with Crippen molar-refractivity contribution in [3.63, 3.8) is 0 Å². The van der Waals surface area contributed by atoms with Gasteiger partial charge in [-0.05, 0) is 20.8 Å². The lowest BCUT2D eigenvalue weighted by Gasteiger charge is -2.39. The molecule has 0 radical (unpaired) electrons. The zero-order valence-corrected chi connectivity index (χ0v) is 17.9. The van der Waals surface area contributed by atoms with E-state index in [1.807, 2.05) is 30.4 Å². The van der Waals surface area contributed by atoms with Crippen LogP contribution in [0, 0.1) is 6.92 Å². The molecule has 11 heteroatoms. The quantitative estimate of drug-likeness (QED) is 0.397. The van der Waals surface area contributed by atoms with Gasteiger partial charge in [0, 0.05) is 39.8 Å². The topological polar surface area (TPSA) is 61.6 Å². The highest BCUT2D eigenvalue weighted by Crippen LogP contribution is 2.25. The van der Waals surface area contributed by atoms with Gasteiger partial charge in [-0.3, -0.25) is 4.90 Å². The van der Waals surface area contributed by atoms with Crippen molar-refractivity contribution in [2.45, 2.75) is 39.5 Å². The second kappa shape index (κ2) is 9.72. The predicted molar refractivity (Wildman–Crippen MR) is 105 cm³/mol. The number of halogens is 4. The minimum atomic E-state index is -4.19. The van der Waals surface area contributed by atoms with Crippen LogP contribution in [0.2, 0.25) is 0 Å². The maximum atomic E-state index is 12.9. The van der Waals surface area contributed by atoms with Gasteiger partial charge < -0.3 is 14.8 Å². The van der Waals surface area contributed by atoms with Crippen LogP contribution in [0.1, 0.15) is 25.5 Å². The molecule has 150 valence electrons. The van der Waals surface area contributed by atoms with Gasteiger partial charge in [-0.15, -0.1) is 34.2 Å². The number of aliphatic imine (C=N–C) groups is 1. The summed E-state index contributed by atoms with van der Waals surface area (Å²) in [6.07, 6.45) is -4.19. The van der Waals surface area contributed by atoms with Crippen LogP contribution in [0.3, 0.4) is 0 Å². The number of hydrogen-bond donors (Lipinski definition) is 1. The number of nitrogens with one attached hydrogen (secondary N) is 1. The van der Waals surface area contributed by atoms with E-state index in [0.717, 1.165) is 11.6 Å². The first kappa shape index (κ1) is 22.9. The highest BCUT2D eigenvalue weighted by molar-refractivity contribution is 14.0. The molecule has 1 fully saturated rings. The molecule has 1 aromatic heterocycles. The highest BCUT2D eigenvalue weighted by atomic mass is 127. The maximum Gasteiger partial charge on any atom is 0.403 e. The summed E-state index contributed by atoms with van der Waals surface area (Å²) in [6, 6.07) is -1.42. The third-order valence-electron chi connectivity index (χ3n) is 4.52. The second-order valence-corrected chi connectivity index (χ2v) is 6.13. The molecule has 0 spiro atoms. The van der Waals surface area contributed by atoms with Crippen LogP contribution >= 0.6 is 24.0 Å². The first-order valence-corrected chi connectivity index (χ1v) is 8.43. The first-order chi connectivity index (χ1) is 11.7. The molecule has 1 saturated heterocycles. The van der Waals surface area contributed by atoms with Gasteiger partial charge in [-0.1, -0.05) is 0 Å². The molecule has 0 amide bonds. The molecular weight excluding hydrogens is 462 g/mol. The van der Waals surface area contributed by atoms with Crippen molar-refractivity contribution >= 4 is 29.9 Å². The van der Waals surface area contributed by atoms with Crippen molar-refractivity contribution in [1.29, 1.82) is 0 Å². The number of rotatable bonds is 4. The number of nitrogens with zero attached hydrogens (tertiary/aromatic N) is 6. The lowest BCUT2D eigenvalue weighted by atomic mass is 10.2. The van der Waals surface area contributed by atoms with Crippen molar-refractivity contribution in [1.82, 2.24) is 29.9 Å². The number of guanidine groups is 1. The summed E-state index contributed by atoms with van der Waals surface area (Å²) >= 11 is 0. The summed E-state index contributed by atoms with van der Waals surface area (Å²) < 4.78 is 40.4. The molecule has 2 heterocycles. The summed E-state index contributed by atoms with van der Waals surface area (Å²) in [5, 5.41) is 11.3. The lowest BCUT2D eigenvalue weighted by Crippen LogP contribution is -2.56. The van der Waals surface area contributed by atoms with E-state index in [1.54, 1.807) is 0 Å². The van der Waals surface area contributed by atoms with Crippen molar-refractivity contribution in [3.8, 4) is 0 Å². The molecule has 0 aliphatic carbocycles. The van der Waals surface area contributed by atoms with Gasteiger partial charge in [0.05, 0.1) is 0 Å². The Morgan fingerprint density at radius 2 is 1.85 bits per heavy atom. The number of aryl methyl sites for hydroxylation is 1. The molecule has 1 N–H and O–H groups in total. The monoisotopic (exact) mass is 489 g/mol. The van der Waals surface area contributed by atoms with E-state index in [-0.39, 0.29) is 24.0 Å². The Balaban J connectivity index is 0.00000338. The third-order valence-corrected chi connectivity index (χ3v) is 4.52. The Kier molecular flexibility index (Phi) is 8.57. The maximum absolute atomic E-state index is 12.9. The van der Waals surface area contributed by atoms with Crippen LogP contribution in [0.4, 0.5) is 13.2 Å². The molecule has 1 aromatic rings. The fourth-order valence-electron chi connectivity index (χ4n) is 2.69. The number of piperazine rings is 1. The molecule has 26 heavy (non-hydrogen) atoms. The van der Waals surface area contributed by atoms with Crippen LogP contribution < -0.4 is 5.32 Å². The minimum absolute atomic E-state index is 0. The molecule has 1 aliphatic heterocycles. The lowest BCUT2D eigenvalue weighted by molar-refractivity contribution is -0.181. The van der Waals surface area contributed by atoms with Crippen molar-refractivity contribution in [3.05, 3.63) is 11.6 Å². The average molecular weight is 489 g/mol. The number of alkyl halides is 3. The van der Waals surface area contributed by atoms with E-state index >= 15 is 0 Å². The van der Waals surface area contributed by atoms with Gasteiger partial charge in [-0.25, -0.2) is 4.99 Å². The van der Waals surface area contributed by atoms with E-state index in [1.165, 1.54) is 11.8 Å². The Morgan fingerprint density at radius 1 is 1.23 bits per heavy atom. The SMILES string of the molecule is CCNC(=NCc1nnc(C)n1C)N1CCN(C(C)C(F)(F)F)CC1.I. The van der Waals surface area contributed by atoms with E-state index < -0.39 is 12.2 Å². The average Bonchev–Trinajstić information content (AvgIpc) is 2.89. The van der Waals surface area contributed by atoms with Crippen LogP contribution in [0.25, 0.3) is 0 Å². The van der Waals surface area contributed by atoms with Crippen LogP contribution in [0.5, 0.6) is 0 Å². The first-order valence-electron chi connectivity index (χ1n) is 8.43. The van der Waals surface area contributed by atoms with Crippen molar-refractivity contribution in [2.75, 3.05) is 32.7 Å². The van der Waals surface area contributed by atoms with Gasteiger partial charge in [0.2, 0.25) is 0 Å². The Labute approximate surface area is 169 Å². The molecule has 1 aliphatic rings. The fourth-order valence-corrected chi connectivity index (χ4v) is 2.69. The molecule has 0 aromatic carbocycles. The van der Waals surface area contributed by atoms with Gasteiger partial charge in [0.25, 0.3) is 0 Å². The zero-order chi connectivity index (χ0) is 18.6. The second-order valence-electron chi connectivity index (χ2n) is 6.13. The Hall–Kier alpha value is -1.11. The largest absolute Gasteiger partial charge is 0.403 e. The van der Waals surface area contributed by atoms with Gasteiger partial charge in [-0.2, -0.15) is 13.2 Å². The predicted octanol–water partition coefficient (Wildman–Crippen LogP) is 1.78. The van der Waals surface area contributed by atoms with Gasteiger partial charge in [0.1, 0.15) is 18.4 Å². The third kappa shape index (κ3) is 5.69. The van der Waals surface area contributed by atoms with Crippen molar-refractivity contribution < 1.29 is 13.2 Å². The summed E-state index contributed by atoms with van der Waals surface area (Å²) in [5.74, 6) is 2.25. The summed E-state index contributed by atoms with van der Waals surface area (Å²) in [5.41, 5.74) is 0. The highest BCUT2D eigenvalue weighted by Gasteiger charge is 2.41. The Bertz CT molecular complexity index is 595. The van der Waals surface area contributed by atoms with Crippen LogP contribution in [0.15, 0.2) is 4.99 Å². The molecule has 1 atom stereocenters. The minimum Gasteiger partial charge on any atom is -0.357 e. The number of aromatic nitrogens is 3. The smallest absolute Gasteiger partial charge is 0.357 e. The molecule has 7 nitrogen and oxygen atoms in total. The van der Waals surface area contributed by atoms with E-state index in [9.17, 15) is 13.2 Å². The molecule has 1 unspecified atom stereocenters. The Morgan fingerprint density at radius 3 is 2.31 bits per heavy atom. The van der Waals surface area contributed by atoms with E-state index in [4.69, 9.17) is 0 Å². The summed E-state index contributed by atoms with van der Waals surface area (Å²) in [6.45, 7) is 7.83. The van der Waals surface area contributed by atoms with Gasteiger partial charge >= 0.3 is 6.18 Å². The molecule has 0 bridgehead atoms. The van der Waals surface area contributed by atoms with E-state index in [0.29, 0.717) is 45.2 Å². The van der Waals surface area contributed by atoms with Crippen LogP contribution in [-0.2, 0) is 13.6 Å². The van der Waals surface area contributed by atoms with Gasteiger partial charge in [0.15, 0.2) is 11.8 Å². The van der Waals surface area contributed by atoms with Crippen LogP contribution in [-0.4, -0.2) is 75.5 Å². The fraction of sp³-hybridized carbons (Fsp3) is 0.800. The summed E-state index contributed by atoms with van der Waals surface area (Å²) in [4.78, 5) is 8.02. The summed E-state index contributed by atoms with van der Waals surface area (Å²) in [7, 11) is 1.88. The standard InChI is InChI=1S/C15H26F3N7.HI/c1-5-19-14(20-10-13-22-21-12(3)23(13)4)25-8-6-24(7-9-25)11(2)15(16,17)18;/h11H,5-10H2,1-4H3,(H,19,20);1H. The molecular formula is C15H27F3IN7. The zero-order valence-electron chi connectivity index (χ0n) is 15.5. The number of hydrogen-bond acceptors (Lipinski definition) is 4. The molecule has 0 saturated carbocycles.